The van der Waals surface area contributed by atoms with Crippen molar-refractivity contribution in [2.24, 2.45) is 0 Å². The molecule has 0 aliphatic heterocycles. The predicted molar refractivity (Wildman–Crippen MR) is 73.7 cm³/mol. The van der Waals surface area contributed by atoms with Crippen LogP contribution in [0.25, 0.3) is 21.5 Å². The summed E-state index contributed by atoms with van der Waals surface area (Å²) in [5.74, 6) is 0.285. The van der Waals surface area contributed by atoms with E-state index in [1.165, 1.54) is 5.56 Å². The Balaban J connectivity index is 2.23. The molecule has 0 heterocycles. The lowest BCUT2D eigenvalue weighted by molar-refractivity contribution is 0.476. The van der Waals surface area contributed by atoms with Crippen molar-refractivity contribution in [1.29, 1.82) is 5.41 Å². The highest BCUT2D eigenvalue weighted by Crippen LogP contribution is 2.35. The molecule has 2 heteroatoms. The molecule has 0 unspecified atom stereocenters. The minimum absolute atomic E-state index is 0.285. The number of rotatable bonds is 0. The maximum atomic E-state index is 9.64. The Morgan fingerprint density at radius 2 is 1.67 bits per heavy atom. The van der Waals surface area contributed by atoms with E-state index in [1.807, 2.05) is 6.07 Å². The van der Waals surface area contributed by atoms with E-state index in [2.05, 4.69) is 24.3 Å². The van der Waals surface area contributed by atoms with E-state index in [1.54, 1.807) is 12.1 Å². The molecule has 0 spiro atoms. The first-order valence-electron chi connectivity index (χ1n) is 5.99. The first-order valence-corrected chi connectivity index (χ1v) is 5.99. The summed E-state index contributed by atoms with van der Waals surface area (Å²) in [6.07, 6.45) is 0.781. The van der Waals surface area contributed by atoms with Gasteiger partial charge in [-0.15, -0.1) is 0 Å². The second-order valence-electron chi connectivity index (χ2n) is 4.82. The Kier molecular flexibility index (Phi) is 1.67. The van der Waals surface area contributed by atoms with Gasteiger partial charge >= 0.3 is 0 Å². The van der Waals surface area contributed by atoms with Crippen LogP contribution < -0.4 is 0 Å². The van der Waals surface area contributed by atoms with Crippen LogP contribution in [0.5, 0.6) is 5.75 Å². The number of phenols is 1. The zero-order valence-electron chi connectivity index (χ0n) is 9.70. The molecule has 2 nitrogen and oxygen atoms in total. The normalized spacial score (nSPS) is 13.7. The second-order valence-corrected chi connectivity index (χ2v) is 4.82. The van der Waals surface area contributed by atoms with Crippen LogP contribution in [0.1, 0.15) is 11.1 Å². The summed E-state index contributed by atoms with van der Waals surface area (Å²) in [6, 6.07) is 13.8. The Hall–Kier alpha value is -2.35. The quantitative estimate of drug-likeness (QED) is 0.572. The fourth-order valence-corrected chi connectivity index (χ4v) is 2.84. The molecule has 18 heavy (non-hydrogen) atoms. The van der Waals surface area contributed by atoms with Crippen molar-refractivity contribution in [3.05, 3.63) is 53.6 Å². The lowest BCUT2D eigenvalue weighted by Gasteiger charge is -2.22. The first kappa shape index (κ1) is 9.66. The number of nitrogens with one attached hydrogen (secondary N) is 1. The van der Waals surface area contributed by atoms with Gasteiger partial charge in [-0.25, -0.2) is 0 Å². The molecule has 0 atom stereocenters. The van der Waals surface area contributed by atoms with Gasteiger partial charge in [-0.2, -0.15) is 0 Å². The zero-order chi connectivity index (χ0) is 12.3. The van der Waals surface area contributed by atoms with Crippen molar-refractivity contribution in [2.75, 3.05) is 0 Å². The molecule has 0 amide bonds. The molecule has 1 aliphatic rings. The smallest absolute Gasteiger partial charge is 0.116 e. The van der Waals surface area contributed by atoms with Crippen molar-refractivity contribution >= 4 is 27.3 Å². The molecule has 1 aliphatic carbocycles. The van der Waals surface area contributed by atoms with Crippen LogP contribution in [0.4, 0.5) is 0 Å². The van der Waals surface area contributed by atoms with Crippen LogP contribution in [0.2, 0.25) is 0 Å². The van der Waals surface area contributed by atoms with Crippen molar-refractivity contribution < 1.29 is 5.11 Å². The molecule has 4 rings (SSSR count). The largest absolute Gasteiger partial charge is 0.508 e. The number of aromatic hydroxyl groups is 1. The van der Waals surface area contributed by atoms with Crippen LogP contribution in [0.3, 0.4) is 0 Å². The fraction of sp³-hybridized carbons (Fsp3) is 0.0625. The maximum Gasteiger partial charge on any atom is 0.116 e. The average molecular weight is 233 g/mol. The van der Waals surface area contributed by atoms with Crippen molar-refractivity contribution in [1.82, 2.24) is 0 Å². The van der Waals surface area contributed by atoms with E-state index in [0.717, 1.165) is 39.2 Å². The SMILES string of the molecule is N=C1Cc2ccc3c(ccc4ccc(O)cc43)c21. The third-order valence-electron chi connectivity index (χ3n) is 3.76. The molecule has 0 fully saturated rings. The van der Waals surface area contributed by atoms with Crippen molar-refractivity contribution in [2.45, 2.75) is 6.42 Å². The van der Waals surface area contributed by atoms with Gasteiger partial charge in [-0.1, -0.05) is 30.3 Å². The molecule has 0 saturated heterocycles. The molecule has 3 aromatic rings. The lowest BCUT2D eigenvalue weighted by Crippen LogP contribution is -2.18. The second kappa shape index (κ2) is 3.10. The molecule has 3 aromatic carbocycles. The van der Waals surface area contributed by atoms with Gasteiger partial charge in [-0.05, 0) is 39.2 Å². The van der Waals surface area contributed by atoms with Gasteiger partial charge in [0.05, 0.1) is 0 Å². The standard InChI is InChI=1S/C16H11NO/c17-15-7-10-3-5-12-13(16(10)15)6-2-9-1-4-11(18)8-14(9)12/h1-6,8,17-18H,7H2. The van der Waals surface area contributed by atoms with Crippen LogP contribution in [-0.4, -0.2) is 10.8 Å². The van der Waals surface area contributed by atoms with Gasteiger partial charge in [0.1, 0.15) is 5.75 Å². The minimum atomic E-state index is 0.285. The number of phenolic OH excluding ortho intramolecular Hbond substituents is 1. The molecular weight excluding hydrogens is 222 g/mol. The predicted octanol–water partition coefficient (Wildman–Crippen LogP) is 3.62. The third-order valence-corrected chi connectivity index (χ3v) is 3.76. The summed E-state index contributed by atoms with van der Waals surface area (Å²) in [4.78, 5) is 0. The van der Waals surface area contributed by atoms with Gasteiger partial charge < -0.3 is 10.5 Å². The highest BCUT2D eigenvalue weighted by Gasteiger charge is 2.22. The van der Waals surface area contributed by atoms with Gasteiger partial charge in [0, 0.05) is 17.7 Å². The summed E-state index contributed by atoms with van der Waals surface area (Å²) < 4.78 is 0. The fourth-order valence-electron chi connectivity index (χ4n) is 2.84. The van der Waals surface area contributed by atoms with Gasteiger partial charge in [0.2, 0.25) is 0 Å². The molecular formula is C16H11NO. The zero-order valence-corrected chi connectivity index (χ0v) is 9.70. The number of benzene rings is 3. The van der Waals surface area contributed by atoms with Gasteiger partial charge in [-0.3, -0.25) is 0 Å². The van der Waals surface area contributed by atoms with E-state index in [0.29, 0.717) is 0 Å². The van der Waals surface area contributed by atoms with Crippen LogP contribution in [-0.2, 0) is 6.42 Å². The summed E-state index contributed by atoms with van der Waals surface area (Å²) >= 11 is 0. The topological polar surface area (TPSA) is 44.1 Å². The first-order chi connectivity index (χ1) is 8.74. The lowest BCUT2D eigenvalue weighted by atomic mass is 9.81. The number of fused-ring (bicyclic) bond motifs is 5. The molecule has 2 N–H and O–H groups in total. The Morgan fingerprint density at radius 3 is 2.50 bits per heavy atom. The van der Waals surface area contributed by atoms with E-state index >= 15 is 0 Å². The van der Waals surface area contributed by atoms with Crippen LogP contribution in [0, 0.1) is 5.41 Å². The Labute approximate surface area is 104 Å². The average Bonchev–Trinajstić information content (AvgIpc) is 2.35. The van der Waals surface area contributed by atoms with E-state index in [4.69, 9.17) is 5.41 Å². The highest BCUT2D eigenvalue weighted by molar-refractivity contribution is 6.21. The van der Waals surface area contributed by atoms with E-state index < -0.39 is 0 Å². The number of hydrogen-bond donors (Lipinski definition) is 2. The summed E-state index contributed by atoms with van der Waals surface area (Å²) in [7, 11) is 0. The van der Waals surface area contributed by atoms with Crippen molar-refractivity contribution in [3.63, 3.8) is 0 Å². The molecule has 0 saturated carbocycles. The van der Waals surface area contributed by atoms with E-state index in [-0.39, 0.29) is 5.75 Å². The minimum Gasteiger partial charge on any atom is -0.508 e. The Bertz CT molecular complexity index is 833. The van der Waals surface area contributed by atoms with Gasteiger partial charge in [0.25, 0.3) is 0 Å². The molecule has 0 aromatic heterocycles. The molecule has 0 bridgehead atoms. The van der Waals surface area contributed by atoms with Crippen molar-refractivity contribution in [3.8, 4) is 5.75 Å². The van der Waals surface area contributed by atoms with Gasteiger partial charge in [0.15, 0.2) is 0 Å². The third kappa shape index (κ3) is 1.10. The highest BCUT2D eigenvalue weighted by atomic mass is 16.3. The Morgan fingerprint density at radius 1 is 0.889 bits per heavy atom. The monoisotopic (exact) mass is 233 g/mol. The summed E-state index contributed by atoms with van der Waals surface area (Å²) in [5.41, 5.74) is 3.06. The number of hydrogen-bond acceptors (Lipinski definition) is 2. The maximum absolute atomic E-state index is 9.64. The molecule has 86 valence electrons. The summed E-state index contributed by atoms with van der Waals surface area (Å²) in [5, 5.41) is 21.9. The van der Waals surface area contributed by atoms with E-state index in [9.17, 15) is 5.11 Å². The van der Waals surface area contributed by atoms with Crippen LogP contribution in [0.15, 0.2) is 42.5 Å². The molecule has 0 radical (unpaired) electrons. The summed E-state index contributed by atoms with van der Waals surface area (Å²) in [6.45, 7) is 0. The van der Waals surface area contributed by atoms with Crippen LogP contribution >= 0.6 is 0 Å².